The van der Waals surface area contributed by atoms with Crippen LogP contribution in [0.5, 0.6) is 11.5 Å². The van der Waals surface area contributed by atoms with E-state index in [0.29, 0.717) is 16.7 Å². The molecule has 1 aromatic carbocycles. The second kappa shape index (κ2) is 4.93. The van der Waals surface area contributed by atoms with Crippen molar-refractivity contribution in [3.8, 4) is 11.5 Å². The molecule has 2 N–H and O–H groups in total. The second-order valence-corrected chi connectivity index (χ2v) is 4.44. The fourth-order valence-corrected chi connectivity index (χ4v) is 2.57. The van der Waals surface area contributed by atoms with E-state index in [1.807, 2.05) is 0 Å². The summed E-state index contributed by atoms with van der Waals surface area (Å²) in [6.45, 7) is 1.97. The SMILES string of the molecule is COc1c(O)ccc(Cl)c1C1CCNCC1. The molecule has 0 atom stereocenters. The summed E-state index contributed by atoms with van der Waals surface area (Å²) >= 11 is 6.20. The molecule has 1 aliphatic heterocycles. The Bertz CT molecular complexity index is 376. The van der Waals surface area contributed by atoms with E-state index in [4.69, 9.17) is 16.3 Å². The van der Waals surface area contributed by atoms with Gasteiger partial charge < -0.3 is 15.2 Å². The van der Waals surface area contributed by atoms with E-state index in [9.17, 15) is 5.11 Å². The van der Waals surface area contributed by atoms with Gasteiger partial charge in [0.1, 0.15) is 0 Å². The Morgan fingerprint density at radius 2 is 2.06 bits per heavy atom. The van der Waals surface area contributed by atoms with E-state index in [1.165, 1.54) is 0 Å². The molecule has 0 bridgehead atoms. The van der Waals surface area contributed by atoms with Crippen LogP contribution in [0.15, 0.2) is 12.1 Å². The number of rotatable bonds is 2. The number of nitrogens with one attached hydrogen (secondary N) is 1. The summed E-state index contributed by atoms with van der Waals surface area (Å²) in [6, 6.07) is 3.31. The van der Waals surface area contributed by atoms with E-state index >= 15 is 0 Å². The van der Waals surface area contributed by atoms with Crippen molar-refractivity contribution in [2.45, 2.75) is 18.8 Å². The van der Waals surface area contributed by atoms with Gasteiger partial charge in [-0.05, 0) is 44.0 Å². The van der Waals surface area contributed by atoms with Gasteiger partial charge in [0.25, 0.3) is 0 Å². The molecule has 0 spiro atoms. The molecule has 1 saturated heterocycles. The Morgan fingerprint density at radius 3 is 2.69 bits per heavy atom. The molecule has 1 heterocycles. The number of aromatic hydroxyl groups is 1. The smallest absolute Gasteiger partial charge is 0.165 e. The number of hydrogen-bond donors (Lipinski definition) is 2. The standard InChI is InChI=1S/C12H16ClNO2/c1-16-12-10(15)3-2-9(13)11(12)8-4-6-14-7-5-8/h2-3,8,14-15H,4-7H2,1H3. The molecule has 1 aliphatic rings. The Morgan fingerprint density at radius 1 is 1.38 bits per heavy atom. The number of hydrogen-bond acceptors (Lipinski definition) is 3. The first-order chi connectivity index (χ1) is 7.74. The Hall–Kier alpha value is -0.930. The van der Waals surface area contributed by atoms with Crippen LogP contribution in [0, 0.1) is 0 Å². The average Bonchev–Trinajstić information content (AvgIpc) is 2.33. The highest BCUT2D eigenvalue weighted by Crippen LogP contribution is 2.42. The van der Waals surface area contributed by atoms with Gasteiger partial charge in [0.2, 0.25) is 0 Å². The van der Waals surface area contributed by atoms with Gasteiger partial charge in [0, 0.05) is 10.6 Å². The predicted octanol–water partition coefficient (Wildman–Crippen LogP) is 2.52. The third kappa shape index (κ3) is 2.11. The van der Waals surface area contributed by atoms with Gasteiger partial charge in [0.15, 0.2) is 11.5 Å². The molecule has 1 fully saturated rings. The number of methoxy groups -OCH3 is 1. The van der Waals surface area contributed by atoms with Crippen LogP contribution < -0.4 is 10.1 Å². The summed E-state index contributed by atoms with van der Waals surface area (Å²) in [4.78, 5) is 0. The quantitative estimate of drug-likeness (QED) is 0.836. The van der Waals surface area contributed by atoms with Crippen molar-refractivity contribution < 1.29 is 9.84 Å². The van der Waals surface area contributed by atoms with Gasteiger partial charge in [-0.25, -0.2) is 0 Å². The lowest BCUT2D eigenvalue weighted by atomic mass is 9.89. The van der Waals surface area contributed by atoms with E-state index in [2.05, 4.69) is 5.32 Å². The van der Waals surface area contributed by atoms with Gasteiger partial charge in [0.05, 0.1) is 7.11 Å². The van der Waals surface area contributed by atoms with Crippen molar-refractivity contribution in [3.05, 3.63) is 22.7 Å². The highest BCUT2D eigenvalue weighted by atomic mass is 35.5. The monoisotopic (exact) mass is 241 g/mol. The third-order valence-corrected chi connectivity index (χ3v) is 3.40. The molecule has 0 saturated carbocycles. The minimum atomic E-state index is 0.167. The van der Waals surface area contributed by atoms with Crippen molar-refractivity contribution >= 4 is 11.6 Å². The van der Waals surface area contributed by atoms with Crippen LogP contribution in [0.3, 0.4) is 0 Å². The molecule has 0 aliphatic carbocycles. The molecule has 0 radical (unpaired) electrons. The average molecular weight is 242 g/mol. The van der Waals surface area contributed by atoms with Gasteiger partial charge in [-0.15, -0.1) is 0 Å². The first-order valence-corrected chi connectivity index (χ1v) is 5.88. The minimum absolute atomic E-state index is 0.167. The minimum Gasteiger partial charge on any atom is -0.504 e. The maximum Gasteiger partial charge on any atom is 0.165 e. The van der Waals surface area contributed by atoms with E-state index < -0.39 is 0 Å². The van der Waals surface area contributed by atoms with E-state index in [0.717, 1.165) is 31.5 Å². The molecule has 0 unspecified atom stereocenters. The maximum atomic E-state index is 9.75. The second-order valence-electron chi connectivity index (χ2n) is 4.04. The lowest BCUT2D eigenvalue weighted by molar-refractivity contribution is 0.359. The molecular formula is C12H16ClNO2. The number of phenols is 1. The number of halogens is 1. The molecule has 0 aromatic heterocycles. The van der Waals surface area contributed by atoms with Gasteiger partial charge >= 0.3 is 0 Å². The van der Waals surface area contributed by atoms with Crippen LogP contribution in [0.2, 0.25) is 5.02 Å². The Balaban J connectivity index is 2.40. The van der Waals surface area contributed by atoms with Crippen LogP contribution in [-0.4, -0.2) is 25.3 Å². The third-order valence-electron chi connectivity index (χ3n) is 3.07. The van der Waals surface area contributed by atoms with E-state index in [1.54, 1.807) is 19.2 Å². The Labute approximate surface area is 100 Å². The zero-order valence-electron chi connectivity index (χ0n) is 9.29. The van der Waals surface area contributed by atoms with Crippen LogP contribution in [0.1, 0.15) is 24.3 Å². The number of phenolic OH excluding ortho intramolecular Hbond substituents is 1. The molecule has 1 aromatic rings. The van der Waals surface area contributed by atoms with Gasteiger partial charge in [-0.2, -0.15) is 0 Å². The largest absolute Gasteiger partial charge is 0.504 e. The lowest BCUT2D eigenvalue weighted by Gasteiger charge is -2.25. The zero-order valence-corrected chi connectivity index (χ0v) is 10.0. The maximum absolute atomic E-state index is 9.75. The molecular weight excluding hydrogens is 226 g/mol. The first-order valence-electron chi connectivity index (χ1n) is 5.50. The molecule has 3 nitrogen and oxygen atoms in total. The highest BCUT2D eigenvalue weighted by molar-refractivity contribution is 6.31. The van der Waals surface area contributed by atoms with Crippen molar-refractivity contribution in [1.82, 2.24) is 5.32 Å². The molecule has 88 valence electrons. The normalized spacial score (nSPS) is 17.4. The number of ether oxygens (including phenoxy) is 1. The lowest BCUT2D eigenvalue weighted by Crippen LogP contribution is -2.27. The summed E-state index contributed by atoms with van der Waals surface area (Å²) in [7, 11) is 1.57. The molecule has 2 rings (SSSR count). The van der Waals surface area contributed by atoms with Crippen LogP contribution in [0.25, 0.3) is 0 Å². The predicted molar refractivity (Wildman–Crippen MR) is 64.5 cm³/mol. The topological polar surface area (TPSA) is 41.5 Å². The Kier molecular flexibility index (Phi) is 3.56. The fraction of sp³-hybridized carbons (Fsp3) is 0.500. The van der Waals surface area contributed by atoms with Crippen LogP contribution in [-0.2, 0) is 0 Å². The van der Waals surface area contributed by atoms with Crippen molar-refractivity contribution in [2.24, 2.45) is 0 Å². The zero-order chi connectivity index (χ0) is 11.5. The van der Waals surface area contributed by atoms with Crippen molar-refractivity contribution in [1.29, 1.82) is 0 Å². The number of benzene rings is 1. The highest BCUT2D eigenvalue weighted by Gasteiger charge is 2.23. The van der Waals surface area contributed by atoms with Crippen molar-refractivity contribution in [3.63, 3.8) is 0 Å². The molecule has 16 heavy (non-hydrogen) atoms. The fourth-order valence-electron chi connectivity index (χ4n) is 2.27. The number of piperidine rings is 1. The summed E-state index contributed by atoms with van der Waals surface area (Å²) in [5, 5.41) is 13.7. The van der Waals surface area contributed by atoms with E-state index in [-0.39, 0.29) is 5.75 Å². The van der Waals surface area contributed by atoms with Crippen molar-refractivity contribution in [2.75, 3.05) is 20.2 Å². The molecule has 4 heteroatoms. The van der Waals surface area contributed by atoms with Gasteiger partial charge in [-0.3, -0.25) is 0 Å². The summed E-state index contributed by atoms with van der Waals surface area (Å²) in [5.41, 5.74) is 0.950. The molecule has 0 amide bonds. The first kappa shape index (κ1) is 11.6. The van der Waals surface area contributed by atoms with Gasteiger partial charge in [-0.1, -0.05) is 11.6 Å². The summed E-state index contributed by atoms with van der Waals surface area (Å²) in [6.07, 6.45) is 2.05. The summed E-state index contributed by atoms with van der Waals surface area (Å²) < 4.78 is 5.26. The summed E-state index contributed by atoms with van der Waals surface area (Å²) in [5.74, 6) is 1.07. The van der Waals surface area contributed by atoms with Crippen LogP contribution >= 0.6 is 11.6 Å². The van der Waals surface area contributed by atoms with Crippen LogP contribution in [0.4, 0.5) is 0 Å².